The first kappa shape index (κ1) is 19.5. The summed E-state index contributed by atoms with van der Waals surface area (Å²) in [7, 11) is 0. The first-order valence-electron chi connectivity index (χ1n) is 9.12. The third kappa shape index (κ3) is 3.72. The van der Waals surface area contributed by atoms with Crippen molar-refractivity contribution in [3.05, 3.63) is 17.0 Å². The number of carboxylic acids is 1. The molecule has 1 saturated heterocycles. The summed E-state index contributed by atoms with van der Waals surface area (Å²) < 4.78 is 1.97. The number of hydrogen-bond acceptors (Lipinski definition) is 3. The highest BCUT2D eigenvalue weighted by Gasteiger charge is 2.48. The molecule has 0 bridgehead atoms. The normalized spacial score (nSPS) is 20.7. The monoisotopic (exact) mass is 349 g/mol. The quantitative estimate of drug-likeness (QED) is 0.857. The van der Waals surface area contributed by atoms with E-state index in [2.05, 4.69) is 18.9 Å². The first-order valence-corrected chi connectivity index (χ1v) is 9.12. The molecule has 1 aliphatic heterocycles. The van der Waals surface area contributed by atoms with Gasteiger partial charge in [-0.3, -0.25) is 14.3 Å². The largest absolute Gasteiger partial charge is 0.481 e. The van der Waals surface area contributed by atoms with E-state index < -0.39 is 11.4 Å². The van der Waals surface area contributed by atoms with Crippen molar-refractivity contribution in [1.82, 2.24) is 14.7 Å². The third-order valence-electron chi connectivity index (χ3n) is 5.58. The topological polar surface area (TPSA) is 75.4 Å². The van der Waals surface area contributed by atoms with E-state index in [0.29, 0.717) is 31.8 Å². The Labute approximate surface area is 150 Å². The highest BCUT2D eigenvalue weighted by Crippen LogP contribution is 2.38. The molecule has 1 atom stereocenters. The zero-order chi connectivity index (χ0) is 18.9. The van der Waals surface area contributed by atoms with Crippen LogP contribution in [-0.4, -0.2) is 44.8 Å². The second-order valence-electron chi connectivity index (χ2n) is 8.08. The van der Waals surface area contributed by atoms with Crippen molar-refractivity contribution >= 4 is 11.9 Å². The second kappa shape index (κ2) is 7.18. The summed E-state index contributed by atoms with van der Waals surface area (Å²) >= 11 is 0. The highest BCUT2D eigenvalue weighted by molar-refractivity contribution is 5.82. The Morgan fingerprint density at radius 1 is 1.24 bits per heavy atom. The smallest absolute Gasteiger partial charge is 0.311 e. The van der Waals surface area contributed by atoms with E-state index in [0.717, 1.165) is 23.5 Å². The molecule has 1 aliphatic rings. The summed E-state index contributed by atoms with van der Waals surface area (Å²) in [6.45, 7) is 13.7. The maximum absolute atomic E-state index is 12.8. The summed E-state index contributed by atoms with van der Waals surface area (Å²) in [6, 6.07) is 0. The number of carbonyl (C=O) groups is 2. The van der Waals surface area contributed by atoms with Crippen LogP contribution in [-0.2, 0) is 22.6 Å². The van der Waals surface area contributed by atoms with Crippen LogP contribution in [0.4, 0.5) is 0 Å². The SMILES string of the molecule is Cc1nn(CC(C)C)c(C)c1CC(=O)N1CCC(C(=O)O)(C(C)C)C1. The number of carbonyl (C=O) groups excluding carboxylic acids is 1. The average molecular weight is 349 g/mol. The molecule has 0 aromatic carbocycles. The van der Waals surface area contributed by atoms with E-state index in [1.165, 1.54) is 0 Å². The molecule has 2 heterocycles. The predicted molar refractivity (Wildman–Crippen MR) is 96.3 cm³/mol. The highest BCUT2D eigenvalue weighted by atomic mass is 16.4. The van der Waals surface area contributed by atoms with E-state index in [9.17, 15) is 14.7 Å². The van der Waals surface area contributed by atoms with Crippen molar-refractivity contribution in [2.45, 2.75) is 60.9 Å². The number of rotatable bonds is 6. The van der Waals surface area contributed by atoms with Crippen LogP contribution in [0.15, 0.2) is 0 Å². The van der Waals surface area contributed by atoms with Gasteiger partial charge in [-0.1, -0.05) is 27.7 Å². The minimum atomic E-state index is -0.818. The lowest BCUT2D eigenvalue weighted by Crippen LogP contribution is -2.41. The molecule has 6 nitrogen and oxygen atoms in total. The van der Waals surface area contributed by atoms with Gasteiger partial charge in [0.15, 0.2) is 0 Å². The maximum atomic E-state index is 12.8. The Morgan fingerprint density at radius 2 is 1.88 bits per heavy atom. The van der Waals surface area contributed by atoms with Gasteiger partial charge in [-0.05, 0) is 32.1 Å². The Bertz CT molecular complexity index is 663. The number of aliphatic carboxylic acids is 1. The van der Waals surface area contributed by atoms with Gasteiger partial charge in [0, 0.05) is 30.9 Å². The Kier molecular flexibility index (Phi) is 5.59. The van der Waals surface area contributed by atoms with Gasteiger partial charge >= 0.3 is 5.97 Å². The molecule has 0 aliphatic carbocycles. The molecular formula is C19H31N3O3. The van der Waals surface area contributed by atoms with Gasteiger partial charge < -0.3 is 10.0 Å². The number of hydrogen-bond donors (Lipinski definition) is 1. The predicted octanol–water partition coefficient (Wildman–Crippen LogP) is 2.66. The molecule has 1 N–H and O–H groups in total. The van der Waals surface area contributed by atoms with Gasteiger partial charge in [0.1, 0.15) is 0 Å². The summed E-state index contributed by atoms with van der Waals surface area (Å²) in [4.78, 5) is 26.2. The maximum Gasteiger partial charge on any atom is 0.311 e. The summed E-state index contributed by atoms with van der Waals surface area (Å²) in [6.07, 6.45) is 0.819. The summed E-state index contributed by atoms with van der Waals surface area (Å²) in [5.41, 5.74) is 2.08. The molecular weight excluding hydrogens is 318 g/mol. The van der Waals surface area contributed by atoms with Crippen molar-refractivity contribution in [2.75, 3.05) is 13.1 Å². The summed E-state index contributed by atoms with van der Waals surface area (Å²) in [5, 5.41) is 14.2. The van der Waals surface area contributed by atoms with Crippen molar-refractivity contribution < 1.29 is 14.7 Å². The number of carboxylic acid groups (broad SMARTS) is 1. The molecule has 1 amide bonds. The zero-order valence-corrected chi connectivity index (χ0v) is 16.3. The molecule has 0 saturated carbocycles. The molecule has 1 fully saturated rings. The van der Waals surface area contributed by atoms with Crippen LogP contribution in [0.5, 0.6) is 0 Å². The fourth-order valence-electron chi connectivity index (χ4n) is 3.72. The number of nitrogens with zero attached hydrogens (tertiary/aromatic N) is 3. The standard InChI is InChI=1S/C19H31N3O3/c1-12(2)10-22-15(6)16(14(5)20-22)9-17(23)21-8-7-19(11-21,13(3)4)18(24)25/h12-13H,7-11H2,1-6H3,(H,24,25). The lowest BCUT2D eigenvalue weighted by atomic mass is 9.76. The van der Waals surface area contributed by atoms with E-state index >= 15 is 0 Å². The molecule has 1 aromatic rings. The Hall–Kier alpha value is -1.85. The molecule has 0 radical (unpaired) electrons. The number of aromatic nitrogens is 2. The molecule has 0 spiro atoms. The molecule has 1 unspecified atom stereocenters. The van der Waals surface area contributed by atoms with E-state index in [-0.39, 0.29) is 11.8 Å². The Balaban J connectivity index is 2.14. The number of amides is 1. The van der Waals surface area contributed by atoms with Crippen LogP contribution < -0.4 is 0 Å². The Morgan fingerprint density at radius 3 is 2.36 bits per heavy atom. The van der Waals surface area contributed by atoms with Gasteiger partial charge in [-0.25, -0.2) is 0 Å². The van der Waals surface area contributed by atoms with Crippen molar-refractivity contribution in [1.29, 1.82) is 0 Å². The molecule has 1 aromatic heterocycles. The van der Waals surface area contributed by atoms with Crippen molar-refractivity contribution in [3.8, 4) is 0 Å². The molecule has 6 heteroatoms. The molecule has 2 rings (SSSR count). The van der Waals surface area contributed by atoms with Crippen molar-refractivity contribution in [3.63, 3.8) is 0 Å². The second-order valence-corrected chi connectivity index (χ2v) is 8.08. The van der Waals surface area contributed by atoms with Gasteiger partial charge in [0.2, 0.25) is 5.91 Å². The summed E-state index contributed by atoms with van der Waals surface area (Å²) in [5.74, 6) is -0.309. The van der Waals surface area contributed by atoms with Crippen LogP contribution in [0.2, 0.25) is 0 Å². The third-order valence-corrected chi connectivity index (χ3v) is 5.58. The lowest BCUT2D eigenvalue weighted by Gasteiger charge is -2.28. The fraction of sp³-hybridized carbons (Fsp3) is 0.737. The molecule has 140 valence electrons. The van der Waals surface area contributed by atoms with Gasteiger partial charge in [-0.2, -0.15) is 5.10 Å². The van der Waals surface area contributed by atoms with Crippen LogP contribution in [0.1, 0.15) is 51.1 Å². The van der Waals surface area contributed by atoms with E-state index in [4.69, 9.17) is 0 Å². The fourth-order valence-corrected chi connectivity index (χ4v) is 3.72. The average Bonchev–Trinajstić information content (AvgIpc) is 3.06. The minimum Gasteiger partial charge on any atom is -0.481 e. The van der Waals surface area contributed by atoms with Gasteiger partial charge in [0.25, 0.3) is 0 Å². The van der Waals surface area contributed by atoms with Crippen LogP contribution in [0.25, 0.3) is 0 Å². The first-order chi connectivity index (χ1) is 11.6. The van der Waals surface area contributed by atoms with E-state index in [1.54, 1.807) is 4.90 Å². The molecule has 25 heavy (non-hydrogen) atoms. The van der Waals surface area contributed by atoms with Gasteiger partial charge in [0.05, 0.1) is 17.5 Å². The van der Waals surface area contributed by atoms with Crippen molar-refractivity contribution in [2.24, 2.45) is 17.3 Å². The zero-order valence-electron chi connectivity index (χ0n) is 16.3. The van der Waals surface area contributed by atoms with Gasteiger partial charge in [-0.15, -0.1) is 0 Å². The lowest BCUT2D eigenvalue weighted by molar-refractivity contribution is -0.151. The van der Waals surface area contributed by atoms with Crippen LogP contribution >= 0.6 is 0 Å². The minimum absolute atomic E-state index is 0.0000594. The number of aryl methyl sites for hydroxylation is 1. The number of likely N-dealkylation sites (tertiary alicyclic amines) is 1. The van der Waals surface area contributed by atoms with Crippen LogP contribution in [0.3, 0.4) is 0 Å². The van der Waals surface area contributed by atoms with E-state index in [1.807, 2.05) is 32.4 Å². The van der Waals surface area contributed by atoms with Crippen LogP contribution in [0, 0.1) is 31.1 Å².